The van der Waals surface area contributed by atoms with Crippen molar-refractivity contribution >= 4 is 10.9 Å². The van der Waals surface area contributed by atoms with Crippen LogP contribution in [0.4, 0.5) is 0 Å². The largest absolute Gasteiger partial charge is 0.393 e. The summed E-state index contributed by atoms with van der Waals surface area (Å²) in [7, 11) is 0. The number of benzene rings is 1. The number of fused-ring (bicyclic) bond motifs is 2. The highest BCUT2D eigenvalue weighted by Crippen LogP contribution is 2.22. The lowest BCUT2D eigenvalue weighted by Crippen LogP contribution is -2.33. The number of nitrogens with one attached hydrogen (secondary N) is 1. The number of hydrogen-bond donors (Lipinski definition) is 3. The molecule has 1 aromatic carbocycles. The molecule has 3 aromatic rings. The number of hydrogen-bond acceptors (Lipinski definition) is 4. The molecule has 120 valence electrons. The van der Waals surface area contributed by atoms with Gasteiger partial charge in [-0.15, -0.1) is 0 Å². The molecule has 6 heteroatoms. The van der Waals surface area contributed by atoms with Crippen molar-refractivity contribution in [2.75, 3.05) is 13.2 Å². The quantitative estimate of drug-likeness (QED) is 0.681. The van der Waals surface area contributed by atoms with E-state index < -0.39 is 6.10 Å². The highest BCUT2D eigenvalue weighted by atomic mass is 16.3. The molecule has 23 heavy (non-hydrogen) atoms. The van der Waals surface area contributed by atoms with E-state index in [1.165, 1.54) is 16.5 Å². The van der Waals surface area contributed by atoms with Gasteiger partial charge in [-0.25, -0.2) is 0 Å². The summed E-state index contributed by atoms with van der Waals surface area (Å²) in [6.07, 6.45) is 1.08. The number of para-hydroxylation sites is 1. The third-order valence-electron chi connectivity index (χ3n) is 4.48. The molecule has 1 atom stereocenters. The van der Waals surface area contributed by atoms with Gasteiger partial charge in [-0.1, -0.05) is 18.2 Å². The second-order valence-corrected chi connectivity index (χ2v) is 6.05. The van der Waals surface area contributed by atoms with Gasteiger partial charge in [0.15, 0.2) is 0 Å². The Hall–Kier alpha value is -2.15. The lowest BCUT2D eigenvalue weighted by molar-refractivity contribution is 0.0915. The Kier molecular flexibility index (Phi) is 3.65. The first-order valence-electron chi connectivity index (χ1n) is 7.87. The fraction of sp³-hybridized carbons (Fsp3) is 0.353. The van der Waals surface area contributed by atoms with Gasteiger partial charge in [0.1, 0.15) is 6.10 Å². The molecule has 0 bridgehead atoms. The van der Waals surface area contributed by atoms with E-state index in [9.17, 15) is 5.11 Å². The molecule has 3 N–H and O–H groups in total. The van der Waals surface area contributed by atoms with Crippen molar-refractivity contribution in [1.29, 1.82) is 0 Å². The van der Waals surface area contributed by atoms with E-state index in [4.69, 9.17) is 5.11 Å². The van der Waals surface area contributed by atoms with E-state index in [1.54, 1.807) is 0 Å². The molecular formula is C17H20N4O2. The monoisotopic (exact) mass is 312 g/mol. The molecule has 1 aliphatic rings. The Morgan fingerprint density at radius 2 is 2.17 bits per heavy atom. The molecule has 4 rings (SSSR count). The number of aromatic nitrogens is 3. The van der Waals surface area contributed by atoms with Crippen LogP contribution < -0.4 is 0 Å². The first kappa shape index (κ1) is 14.4. The molecule has 0 amide bonds. The van der Waals surface area contributed by atoms with Crippen LogP contribution in [0.3, 0.4) is 0 Å². The van der Waals surface area contributed by atoms with E-state index >= 15 is 0 Å². The van der Waals surface area contributed by atoms with Gasteiger partial charge in [-0.05, 0) is 23.1 Å². The van der Waals surface area contributed by atoms with Crippen molar-refractivity contribution in [3.8, 4) is 0 Å². The molecule has 0 saturated heterocycles. The third kappa shape index (κ3) is 2.65. The lowest BCUT2D eigenvalue weighted by atomic mass is 10.1. The minimum absolute atomic E-state index is 0.297. The molecule has 2 aromatic heterocycles. The zero-order valence-corrected chi connectivity index (χ0v) is 12.8. The second kappa shape index (κ2) is 5.81. The lowest BCUT2D eigenvalue weighted by Gasteiger charge is -2.27. The third-order valence-corrected chi connectivity index (χ3v) is 4.48. The van der Waals surface area contributed by atoms with Crippen molar-refractivity contribution in [3.63, 3.8) is 0 Å². The Bertz CT molecular complexity index is 823. The summed E-state index contributed by atoms with van der Waals surface area (Å²) in [6, 6.07) is 10.3. The maximum absolute atomic E-state index is 9.73. The molecule has 0 aliphatic carbocycles. The predicted molar refractivity (Wildman–Crippen MR) is 86.7 cm³/mol. The van der Waals surface area contributed by atoms with Gasteiger partial charge in [0.25, 0.3) is 0 Å². The minimum atomic E-state index is -0.894. The van der Waals surface area contributed by atoms with Crippen LogP contribution in [-0.2, 0) is 19.6 Å². The summed E-state index contributed by atoms with van der Waals surface area (Å²) >= 11 is 0. The Balaban J connectivity index is 1.54. The standard InChI is InChI=1S/C17H20N4O2/c22-11-16(23)15-8-14-10-20(6-7-21(14)19-15)9-13-3-1-2-12-4-5-18-17(12)13/h1-5,8,16,18,22-23H,6-7,9-11H2/t16-/m1/s1. The Morgan fingerprint density at radius 1 is 1.26 bits per heavy atom. The zero-order valence-electron chi connectivity index (χ0n) is 12.8. The van der Waals surface area contributed by atoms with E-state index in [1.807, 2.05) is 16.9 Å². The molecular weight excluding hydrogens is 292 g/mol. The maximum atomic E-state index is 9.73. The van der Waals surface area contributed by atoms with Crippen LogP contribution in [0.15, 0.2) is 36.5 Å². The fourth-order valence-electron chi connectivity index (χ4n) is 3.26. The number of aromatic amines is 1. The van der Waals surface area contributed by atoms with Gasteiger partial charge in [0.05, 0.1) is 24.5 Å². The van der Waals surface area contributed by atoms with Crippen LogP contribution >= 0.6 is 0 Å². The summed E-state index contributed by atoms with van der Waals surface area (Å²) < 4.78 is 1.93. The van der Waals surface area contributed by atoms with E-state index in [0.717, 1.165) is 31.9 Å². The first-order valence-corrected chi connectivity index (χ1v) is 7.87. The van der Waals surface area contributed by atoms with Gasteiger partial charge in [0.2, 0.25) is 0 Å². The van der Waals surface area contributed by atoms with Gasteiger partial charge in [0, 0.05) is 31.3 Å². The van der Waals surface area contributed by atoms with Crippen LogP contribution in [0.25, 0.3) is 10.9 Å². The first-order chi connectivity index (χ1) is 11.2. The summed E-state index contributed by atoms with van der Waals surface area (Å²) in [4.78, 5) is 5.70. The van der Waals surface area contributed by atoms with Crippen LogP contribution in [0, 0.1) is 0 Å². The number of aliphatic hydroxyl groups is 2. The van der Waals surface area contributed by atoms with Crippen molar-refractivity contribution in [3.05, 3.63) is 53.5 Å². The number of rotatable bonds is 4. The predicted octanol–water partition coefficient (Wildman–Crippen LogP) is 1.41. The van der Waals surface area contributed by atoms with Crippen LogP contribution in [0.1, 0.15) is 23.1 Å². The molecule has 0 radical (unpaired) electrons. The van der Waals surface area contributed by atoms with E-state index in [-0.39, 0.29) is 6.61 Å². The molecule has 1 aliphatic heterocycles. The minimum Gasteiger partial charge on any atom is -0.393 e. The normalized spacial score (nSPS) is 16.6. The molecule has 0 spiro atoms. The second-order valence-electron chi connectivity index (χ2n) is 6.05. The van der Waals surface area contributed by atoms with Crippen molar-refractivity contribution in [1.82, 2.24) is 19.7 Å². The summed E-state index contributed by atoms with van der Waals surface area (Å²) in [5, 5.41) is 24.4. The summed E-state index contributed by atoms with van der Waals surface area (Å²) in [6.45, 7) is 3.09. The summed E-state index contributed by atoms with van der Waals surface area (Å²) in [5.74, 6) is 0. The molecule has 0 fully saturated rings. The smallest absolute Gasteiger partial charge is 0.121 e. The van der Waals surface area contributed by atoms with Crippen molar-refractivity contribution in [2.24, 2.45) is 0 Å². The van der Waals surface area contributed by atoms with Crippen LogP contribution in [0.5, 0.6) is 0 Å². The zero-order chi connectivity index (χ0) is 15.8. The van der Waals surface area contributed by atoms with Gasteiger partial charge < -0.3 is 15.2 Å². The van der Waals surface area contributed by atoms with Crippen molar-refractivity contribution < 1.29 is 10.2 Å². The average molecular weight is 312 g/mol. The number of nitrogens with zero attached hydrogens (tertiary/aromatic N) is 3. The van der Waals surface area contributed by atoms with Crippen LogP contribution in [0.2, 0.25) is 0 Å². The average Bonchev–Trinajstić information content (AvgIpc) is 3.20. The molecule has 6 nitrogen and oxygen atoms in total. The van der Waals surface area contributed by atoms with Gasteiger partial charge in [-0.3, -0.25) is 9.58 Å². The molecule has 0 unspecified atom stereocenters. The summed E-state index contributed by atoms with van der Waals surface area (Å²) in [5.41, 5.74) is 4.12. The van der Waals surface area contributed by atoms with Gasteiger partial charge >= 0.3 is 0 Å². The van der Waals surface area contributed by atoms with E-state index in [0.29, 0.717) is 5.69 Å². The molecule has 3 heterocycles. The fourth-order valence-corrected chi connectivity index (χ4v) is 3.26. The maximum Gasteiger partial charge on any atom is 0.121 e. The van der Waals surface area contributed by atoms with E-state index in [2.05, 4.69) is 39.2 Å². The Morgan fingerprint density at radius 3 is 3.04 bits per heavy atom. The highest BCUT2D eigenvalue weighted by molar-refractivity contribution is 5.82. The van der Waals surface area contributed by atoms with Crippen molar-refractivity contribution in [2.45, 2.75) is 25.7 Å². The SMILES string of the molecule is OC[C@@H](O)c1cc2n(n1)CCN(Cc1cccc3cc[nH]c13)C2. The Labute approximate surface area is 134 Å². The number of H-pyrrole nitrogens is 1. The van der Waals surface area contributed by atoms with Gasteiger partial charge in [-0.2, -0.15) is 5.10 Å². The molecule has 0 saturated carbocycles. The number of aliphatic hydroxyl groups excluding tert-OH is 2. The highest BCUT2D eigenvalue weighted by Gasteiger charge is 2.21. The van der Waals surface area contributed by atoms with Crippen LogP contribution in [-0.4, -0.2) is 43.0 Å². The topological polar surface area (TPSA) is 77.3 Å².